The van der Waals surface area contributed by atoms with Gasteiger partial charge in [-0.25, -0.2) is 4.98 Å². The van der Waals surface area contributed by atoms with Crippen molar-refractivity contribution in [3.8, 4) is 0 Å². The van der Waals surface area contributed by atoms with Crippen LogP contribution in [0.15, 0.2) is 23.7 Å². The number of pyridine rings is 1. The first kappa shape index (κ1) is 10.4. The van der Waals surface area contributed by atoms with Crippen molar-refractivity contribution in [2.45, 2.75) is 13.0 Å². The summed E-state index contributed by atoms with van der Waals surface area (Å²) in [6.07, 6.45) is 1.81. The zero-order valence-electron chi connectivity index (χ0n) is 8.84. The third-order valence-electron chi connectivity index (χ3n) is 2.62. The molecule has 2 rings (SSSR count). The summed E-state index contributed by atoms with van der Waals surface area (Å²) < 4.78 is 1.23. The Hall–Kier alpha value is -1.13. The number of nitrogens with zero attached hydrogens (tertiary/aromatic N) is 2. The average Bonchev–Trinajstić information content (AvgIpc) is 2.74. The predicted molar refractivity (Wildman–Crippen MR) is 64.6 cm³/mol. The van der Waals surface area contributed by atoms with Gasteiger partial charge in [0.25, 0.3) is 0 Å². The molecule has 0 aliphatic carbocycles. The van der Waals surface area contributed by atoms with E-state index in [1.807, 2.05) is 31.1 Å². The third-order valence-corrected chi connectivity index (χ3v) is 3.50. The minimum atomic E-state index is 0.0861. The predicted octanol–water partition coefficient (Wildman–Crippen LogP) is 2.11. The first-order valence-electron chi connectivity index (χ1n) is 4.90. The summed E-state index contributed by atoms with van der Waals surface area (Å²) >= 11 is 1.71. The number of thiophene rings is 1. The van der Waals surface area contributed by atoms with Crippen molar-refractivity contribution in [2.24, 2.45) is 0 Å². The lowest BCUT2D eigenvalue weighted by Crippen LogP contribution is -2.32. The molecule has 3 nitrogen and oxygen atoms in total. The minimum absolute atomic E-state index is 0.0861. The minimum Gasteiger partial charge on any atom is -0.394 e. The quantitative estimate of drug-likeness (QED) is 0.864. The van der Waals surface area contributed by atoms with E-state index in [1.165, 1.54) is 4.70 Å². The maximum absolute atomic E-state index is 9.12. The fourth-order valence-corrected chi connectivity index (χ4v) is 2.27. The fraction of sp³-hybridized carbons (Fsp3) is 0.364. The summed E-state index contributed by atoms with van der Waals surface area (Å²) in [5, 5.41) is 12.3. The third kappa shape index (κ3) is 1.82. The number of rotatable bonds is 3. The van der Waals surface area contributed by atoms with Crippen molar-refractivity contribution in [1.29, 1.82) is 0 Å². The second-order valence-electron chi connectivity index (χ2n) is 3.61. The fourth-order valence-electron chi connectivity index (χ4n) is 1.49. The molecule has 0 saturated heterocycles. The van der Waals surface area contributed by atoms with Gasteiger partial charge in [-0.15, -0.1) is 11.3 Å². The van der Waals surface area contributed by atoms with Crippen LogP contribution in [-0.2, 0) is 0 Å². The molecule has 0 aliphatic rings. The highest BCUT2D eigenvalue weighted by molar-refractivity contribution is 7.17. The van der Waals surface area contributed by atoms with Crippen LogP contribution in [0.5, 0.6) is 0 Å². The number of aromatic nitrogens is 1. The van der Waals surface area contributed by atoms with Gasteiger partial charge in [0.1, 0.15) is 5.82 Å². The number of fused-ring (bicyclic) bond motifs is 1. The first-order valence-corrected chi connectivity index (χ1v) is 5.78. The number of aliphatic hydroxyl groups is 1. The highest BCUT2D eigenvalue weighted by Crippen LogP contribution is 2.28. The Kier molecular flexibility index (Phi) is 2.88. The normalized spacial score (nSPS) is 13.0. The van der Waals surface area contributed by atoms with E-state index in [9.17, 15) is 0 Å². The summed E-state index contributed by atoms with van der Waals surface area (Å²) in [5.41, 5.74) is 0. The van der Waals surface area contributed by atoms with Crippen molar-refractivity contribution < 1.29 is 5.11 Å². The van der Waals surface area contributed by atoms with Gasteiger partial charge in [-0.05, 0) is 24.4 Å². The summed E-state index contributed by atoms with van der Waals surface area (Å²) in [7, 11) is 1.96. The lowest BCUT2D eigenvalue weighted by molar-refractivity contribution is 0.270. The van der Waals surface area contributed by atoms with E-state index >= 15 is 0 Å². The number of likely N-dealkylation sites (N-methyl/N-ethyl adjacent to an activating group) is 1. The highest BCUT2D eigenvalue weighted by Gasteiger charge is 2.13. The van der Waals surface area contributed by atoms with E-state index in [2.05, 4.69) is 16.4 Å². The van der Waals surface area contributed by atoms with Crippen LogP contribution < -0.4 is 4.90 Å². The molecule has 0 saturated carbocycles. The molecule has 2 heterocycles. The largest absolute Gasteiger partial charge is 0.394 e. The van der Waals surface area contributed by atoms with Crippen LogP contribution in [-0.4, -0.2) is 29.8 Å². The Morgan fingerprint density at radius 2 is 2.33 bits per heavy atom. The zero-order valence-corrected chi connectivity index (χ0v) is 9.66. The van der Waals surface area contributed by atoms with Crippen LogP contribution in [0.3, 0.4) is 0 Å². The zero-order chi connectivity index (χ0) is 10.8. The molecule has 0 spiro atoms. The van der Waals surface area contributed by atoms with E-state index in [4.69, 9.17) is 5.11 Å². The van der Waals surface area contributed by atoms with Crippen molar-refractivity contribution in [1.82, 2.24) is 4.98 Å². The molecule has 0 amide bonds. The van der Waals surface area contributed by atoms with Crippen LogP contribution in [0.2, 0.25) is 0 Å². The number of hydrogen-bond donors (Lipinski definition) is 1. The Morgan fingerprint density at radius 1 is 1.53 bits per heavy atom. The molecule has 0 aromatic carbocycles. The molecule has 1 atom stereocenters. The molecule has 80 valence electrons. The molecule has 15 heavy (non-hydrogen) atoms. The maximum atomic E-state index is 9.12. The molecule has 4 heteroatoms. The maximum Gasteiger partial charge on any atom is 0.137 e. The topological polar surface area (TPSA) is 36.4 Å². The van der Waals surface area contributed by atoms with Crippen LogP contribution in [0, 0.1) is 0 Å². The van der Waals surface area contributed by atoms with Gasteiger partial charge < -0.3 is 10.0 Å². The Morgan fingerprint density at radius 3 is 3.07 bits per heavy atom. The molecular formula is C11H14N2OS. The Labute approximate surface area is 93.0 Å². The van der Waals surface area contributed by atoms with Gasteiger partial charge in [-0.2, -0.15) is 0 Å². The van der Waals surface area contributed by atoms with Gasteiger partial charge in [0.05, 0.1) is 12.6 Å². The smallest absolute Gasteiger partial charge is 0.137 e. The van der Waals surface area contributed by atoms with E-state index in [0.29, 0.717) is 0 Å². The van der Waals surface area contributed by atoms with E-state index in [0.717, 1.165) is 11.2 Å². The molecule has 1 N–H and O–H groups in total. The van der Waals surface area contributed by atoms with Crippen molar-refractivity contribution >= 4 is 27.2 Å². The van der Waals surface area contributed by atoms with Gasteiger partial charge in [0.2, 0.25) is 0 Å². The second-order valence-corrected chi connectivity index (χ2v) is 4.56. The lowest BCUT2D eigenvalue weighted by Gasteiger charge is -2.24. The van der Waals surface area contributed by atoms with E-state index < -0.39 is 0 Å². The molecule has 0 radical (unpaired) electrons. The number of hydrogen-bond acceptors (Lipinski definition) is 4. The molecule has 0 bridgehead atoms. The first-order chi connectivity index (χ1) is 7.24. The van der Waals surface area contributed by atoms with Crippen molar-refractivity contribution in [3.05, 3.63) is 23.7 Å². The van der Waals surface area contributed by atoms with Crippen LogP contribution in [0.1, 0.15) is 6.92 Å². The molecule has 1 unspecified atom stereocenters. The molecule has 0 aliphatic heterocycles. The standard InChI is InChI=1S/C11H14N2OS/c1-8(7-14)13(2)11-9-4-6-15-10(9)3-5-12-11/h3-6,8,14H,7H2,1-2H3. The van der Waals surface area contributed by atoms with Gasteiger partial charge in [-0.3, -0.25) is 0 Å². The summed E-state index contributed by atoms with van der Waals surface area (Å²) in [6, 6.07) is 4.17. The van der Waals surface area contributed by atoms with Crippen LogP contribution >= 0.6 is 11.3 Å². The molecular weight excluding hydrogens is 208 g/mol. The molecule has 2 aromatic rings. The van der Waals surface area contributed by atoms with Gasteiger partial charge in [0.15, 0.2) is 0 Å². The summed E-state index contributed by atoms with van der Waals surface area (Å²) in [4.78, 5) is 6.38. The number of anilines is 1. The second kappa shape index (κ2) is 4.16. The van der Waals surface area contributed by atoms with E-state index in [1.54, 1.807) is 11.3 Å². The van der Waals surface area contributed by atoms with Gasteiger partial charge >= 0.3 is 0 Å². The summed E-state index contributed by atoms with van der Waals surface area (Å²) in [5.74, 6) is 0.940. The number of aliphatic hydroxyl groups excluding tert-OH is 1. The molecule has 0 fully saturated rings. The van der Waals surface area contributed by atoms with Crippen molar-refractivity contribution in [3.63, 3.8) is 0 Å². The molecule has 2 aromatic heterocycles. The highest BCUT2D eigenvalue weighted by atomic mass is 32.1. The van der Waals surface area contributed by atoms with E-state index in [-0.39, 0.29) is 12.6 Å². The van der Waals surface area contributed by atoms with Crippen molar-refractivity contribution in [2.75, 3.05) is 18.6 Å². The van der Waals surface area contributed by atoms with Gasteiger partial charge in [-0.1, -0.05) is 0 Å². The Bertz CT molecular complexity index is 455. The monoisotopic (exact) mass is 222 g/mol. The lowest BCUT2D eigenvalue weighted by atomic mass is 10.2. The summed E-state index contributed by atoms with van der Waals surface area (Å²) in [6.45, 7) is 2.12. The SMILES string of the molecule is CC(CO)N(C)c1nccc2sccc12. The average molecular weight is 222 g/mol. The van der Waals surface area contributed by atoms with Crippen LogP contribution in [0.25, 0.3) is 10.1 Å². The van der Waals surface area contributed by atoms with Gasteiger partial charge in [0, 0.05) is 23.3 Å². The van der Waals surface area contributed by atoms with Crippen LogP contribution in [0.4, 0.5) is 5.82 Å². The Balaban J connectivity index is 2.46.